The molecule has 1 amide bonds. The molecule has 10 heteroatoms. The van der Waals surface area contributed by atoms with Crippen LogP contribution in [0.25, 0.3) is 22.6 Å². The summed E-state index contributed by atoms with van der Waals surface area (Å²) in [4.78, 5) is 45.8. The van der Waals surface area contributed by atoms with Gasteiger partial charge in [0.25, 0.3) is 5.56 Å². The molecule has 0 saturated heterocycles. The Morgan fingerprint density at radius 3 is 2.83 bits per heavy atom. The zero-order valence-electron chi connectivity index (χ0n) is 15.2. The molecule has 4 rings (SSSR count). The summed E-state index contributed by atoms with van der Waals surface area (Å²) in [5, 5.41) is 3.49. The monoisotopic (exact) mass is 407 g/mol. The largest absolute Gasteiger partial charge is 0.324 e. The summed E-state index contributed by atoms with van der Waals surface area (Å²) in [6.07, 6.45) is 7.23. The number of hydrogen-bond acceptors (Lipinski definition) is 7. The van der Waals surface area contributed by atoms with Gasteiger partial charge in [0.2, 0.25) is 5.91 Å². The number of amides is 1. The lowest BCUT2D eigenvalue weighted by molar-refractivity contribution is -0.116. The Morgan fingerprint density at radius 2 is 2.03 bits per heavy atom. The molecular weight excluding hydrogens is 394 g/mol. The fourth-order valence-corrected chi connectivity index (χ4v) is 2.87. The molecule has 0 aliphatic carbocycles. The molecule has 3 heterocycles. The Morgan fingerprint density at radius 1 is 1.17 bits per heavy atom. The van der Waals surface area contributed by atoms with Gasteiger partial charge in [-0.3, -0.25) is 19.1 Å². The van der Waals surface area contributed by atoms with E-state index in [0.29, 0.717) is 22.2 Å². The van der Waals surface area contributed by atoms with Crippen LogP contribution in [0.5, 0.6) is 0 Å². The molecule has 1 N–H and O–H groups in total. The quantitative estimate of drug-likeness (QED) is 0.551. The van der Waals surface area contributed by atoms with Gasteiger partial charge in [-0.05, 0) is 24.6 Å². The maximum absolute atomic E-state index is 12.7. The molecule has 0 bridgehead atoms. The minimum atomic E-state index is -0.418. The van der Waals surface area contributed by atoms with Gasteiger partial charge in [0.1, 0.15) is 24.0 Å². The van der Waals surface area contributed by atoms with E-state index in [2.05, 4.69) is 30.2 Å². The molecule has 0 fully saturated rings. The van der Waals surface area contributed by atoms with Gasteiger partial charge in [0, 0.05) is 29.3 Å². The summed E-state index contributed by atoms with van der Waals surface area (Å²) < 4.78 is 1.20. The summed E-state index contributed by atoms with van der Waals surface area (Å²) in [6.45, 7) is 1.59. The van der Waals surface area contributed by atoms with Crippen molar-refractivity contribution in [1.29, 1.82) is 0 Å². The Labute approximate surface area is 169 Å². The number of rotatable bonds is 4. The second kappa shape index (κ2) is 7.72. The van der Waals surface area contributed by atoms with Crippen molar-refractivity contribution in [2.45, 2.75) is 13.5 Å². The number of halogens is 1. The fourth-order valence-electron chi connectivity index (χ4n) is 2.69. The first-order valence-corrected chi connectivity index (χ1v) is 8.94. The fraction of sp³-hybridized carbons (Fsp3) is 0.105. The van der Waals surface area contributed by atoms with Crippen LogP contribution in [-0.2, 0) is 11.3 Å². The molecule has 4 aromatic rings. The summed E-state index contributed by atoms with van der Waals surface area (Å²) in [5.41, 5.74) is 1.60. The smallest absolute Gasteiger partial charge is 0.264 e. The molecule has 0 aliphatic rings. The van der Waals surface area contributed by atoms with E-state index >= 15 is 0 Å². The number of carbonyl (C=O) groups is 1. The van der Waals surface area contributed by atoms with Crippen molar-refractivity contribution >= 4 is 34.2 Å². The second-order valence-electron chi connectivity index (χ2n) is 6.16. The third-order valence-electron chi connectivity index (χ3n) is 4.23. The van der Waals surface area contributed by atoms with E-state index in [1.807, 2.05) is 0 Å². The second-order valence-corrected chi connectivity index (χ2v) is 6.57. The maximum Gasteiger partial charge on any atom is 0.264 e. The summed E-state index contributed by atoms with van der Waals surface area (Å²) >= 11 is 6.07. The van der Waals surface area contributed by atoms with Gasteiger partial charge < -0.3 is 5.32 Å². The lowest BCUT2D eigenvalue weighted by Crippen LogP contribution is -2.28. The SMILES string of the molecule is Cc1c(Cl)cccc1NC(=O)Cn1cnc2nc(-c3cnccn3)ncc2c1=O. The van der Waals surface area contributed by atoms with Crippen molar-refractivity contribution < 1.29 is 4.79 Å². The molecule has 9 nitrogen and oxygen atoms in total. The van der Waals surface area contributed by atoms with Crippen LogP contribution in [0.3, 0.4) is 0 Å². The van der Waals surface area contributed by atoms with Gasteiger partial charge in [-0.2, -0.15) is 0 Å². The van der Waals surface area contributed by atoms with Crippen molar-refractivity contribution in [3.8, 4) is 11.5 Å². The Hall–Kier alpha value is -3.72. The minimum Gasteiger partial charge on any atom is -0.324 e. The molecular formula is C19H14ClN7O2. The lowest BCUT2D eigenvalue weighted by Gasteiger charge is -2.10. The van der Waals surface area contributed by atoms with E-state index in [9.17, 15) is 9.59 Å². The molecule has 3 aromatic heterocycles. The number of nitrogens with one attached hydrogen (secondary N) is 1. The molecule has 0 atom stereocenters. The highest BCUT2D eigenvalue weighted by molar-refractivity contribution is 6.31. The number of fused-ring (bicyclic) bond motifs is 1. The Balaban J connectivity index is 1.60. The number of anilines is 1. The van der Waals surface area contributed by atoms with Crippen LogP contribution in [0, 0.1) is 6.92 Å². The zero-order chi connectivity index (χ0) is 20.4. The van der Waals surface area contributed by atoms with Crippen molar-refractivity contribution in [1.82, 2.24) is 29.5 Å². The number of carbonyl (C=O) groups excluding carboxylic acids is 1. The maximum atomic E-state index is 12.7. The first-order chi connectivity index (χ1) is 14.0. The van der Waals surface area contributed by atoms with Crippen LogP contribution < -0.4 is 10.9 Å². The van der Waals surface area contributed by atoms with Crippen LogP contribution in [0.15, 0.2) is 54.1 Å². The van der Waals surface area contributed by atoms with Gasteiger partial charge in [-0.25, -0.2) is 19.9 Å². The van der Waals surface area contributed by atoms with Crippen molar-refractivity contribution in [3.05, 3.63) is 70.3 Å². The molecule has 0 saturated carbocycles. The van der Waals surface area contributed by atoms with Crippen LogP contribution >= 0.6 is 11.6 Å². The van der Waals surface area contributed by atoms with Gasteiger partial charge in [-0.1, -0.05) is 17.7 Å². The first-order valence-electron chi connectivity index (χ1n) is 8.56. The highest BCUT2D eigenvalue weighted by atomic mass is 35.5. The molecule has 0 radical (unpaired) electrons. The van der Waals surface area contributed by atoms with Crippen molar-refractivity contribution in [2.75, 3.05) is 5.32 Å². The number of nitrogens with zero attached hydrogens (tertiary/aromatic N) is 6. The van der Waals surface area contributed by atoms with Gasteiger partial charge in [-0.15, -0.1) is 0 Å². The van der Waals surface area contributed by atoms with Crippen LogP contribution in [0.4, 0.5) is 5.69 Å². The number of benzene rings is 1. The standard InChI is InChI=1S/C19H14ClN7O2/c1-11-13(20)3-2-4-14(11)25-16(28)9-27-10-24-17-12(19(27)29)7-23-18(26-17)15-8-21-5-6-22-15/h2-8,10H,9H2,1H3,(H,25,28). The normalized spacial score (nSPS) is 10.8. The van der Waals surface area contributed by atoms with E-state index in [-0.39, 0.29) is 23.5 Å². The zero-order valence-corrected chi connectivity index (χ0v) is 16.0. The topological polar surface area (TPSA) is 116 Å². The van der Waals surface area contributed by atoms with Crippen LogP contribution in [0.2, 0.25) is 5.02 Å². The number of hydrogen-bond donors (Lipinski definition) is 1. The van der Waals surface area contributed by atoms with Gasteiger partial charge in [0.05, 0.1) is 6.20 Å². The highest BCUT2D eigenvalue weighted by Crippen LogP contribution is 2.22. The predicted molar refractivity (Wildman–Crippen MR) is 107 cm³/mol. The third-order valence-corrected chi connectivity index (χ3v) is 4.64. The summed E-state index contributed by atoms with van der Waals surface area (Å²) in [5.74, 6) is -0.0693. The van der Waals surface area contributed by atoms with E-state index < -0.39 is 5.56 Å². The average Bonchev–Trinajstić information content (AvgIpc) is 2.74. The first kappa shape index (κ1) is 18.6. The van der Waals surface area contributed by atoms with E-state index in [1.54, 1.807) is 25.1 Å². The van der Waals surface area contributed by atoms with Crippen molar-refractivity contribution in [3.63, 3.8) is 0 Å². The van der Waals surface area contributed by atoms with Crippen molar-refractivity contribution in [2.24, 2.45) is 0 Å². The van der Waals surface area contributed by atoms with Gasteiger partial charge >= 0.3 is 0 Å². The van der Waals surface area contributed by atoms with E-state index in [0.717, 1.165) is 5.56 Å². The van der Waals surface area contributed by atoms with E-state index in [4.69, 9.17) is 11.6 Å². The molecule has 29 heavy (non-hydrogen) atoms. The average molecular weight is 408 g/mol. The molecule has 144 valence electrons. The predicted octanol–water partition coefficient (Wildman–Crippen LogP) is 2.24. The highest BCUT2D eigenvalue weighted by Gasteiger charge is 2.13. The molecule has 0 unspecified atom stereocenters. The molecule has 1 aromatic carbocycles. The summed E-state index contributed by atoms with van der Waals surface area (Å²) in [7, 11) is 0. The van der Waals surface area contributed by atoms with E-state index in [1.165, 1.54) is 35.7 Å². The Kier molecular flexibility index (Phi) is 4.96. The lowest BCUT2D eigenvalue weighted by atomic mass is 10.2. The van der Waals surface area contributed by atoms with Gasteiger partial charge in [0.15, 0.2) is 11.5 Å². The van der Waals surface area contributed by atoms with Crippen LogP contribution in [-0.4, -0.2) is 35.4 Å². The summed E-state index contributed by atoms with van der Waals surface area (Å²) in [6, 6.07) is 5.21. The minimum absolute atomic E-state index is 0.201. The Bertz CT molecular complexity index is 1270. The van der Waals surface area contributed by atoms with Crippen LogP contribution in [0.1, 0.15) is 5.56 Å². The number of aromatic nitrogens is 6. The molecule has 0 aliphatic heterocycles. The third kappa shape index (κ3) is 3.81. The molecule has 0 spiro atoms.